The number of benzene rings is 4. The van der Waals surface area contributed by atoms with E-state index in [-0.39, 0.29) is 11.8 Å². The van der Waals surface area contributed by atoms with Crippen molar-refractivity contribution in [2.45, 2.75) is 26.2 Å². The average molecular weight is 461 g/mol. The fourth-order valence-corrected chi connectivity index (χ4v) is 4.65. The Morgan fingerprint density at radius 3 is 2.31 bits per heavy atom. The fraction of sp³-hybridized carbons (Fsp3) is 0.161. The van der Waals surface area contributed by atoms with Crippen molar-refractivity contribution in [1.82, 2.24) is 0 Å². The Kier molecular flexibility index (Phi) is 6.44. The zero-order valence-electron chi connectivity index (χ0n) is 19.8. The van der Waals surface area contributed by atoms with Gasteiger partial charge in [-0.1, -0.05) is 67.6 Å². The first-order valence-corrected chi connectivity index (χ1v) is 12.1. The van der Waals surface area contributed by atoms with E-state index in [9.17, 15) is 9.59 Å². The second-order valence-corrected chi connectivity index (χ2v) is 8.82. The predicted molar refractivity (Wildman–Crippen MR) is 142 cm³/mol. The van der Waals surface area contributed by atoms with Gasteiger partial charge in [0.1, 0.15) is 0 Å². The lowest BCUT2D eigenvalue weighted by atomic mass is 9.97. The first-order valence-electron chi connectivity index (χ1n) is 12.1. The van der Waals surface area contributed by atoms with Crippen LogP contribution in [0.4, 0.5) is 11.4 Å². The van der Waals surface area contributed by atoms with Gasteiger partial charge in [-0.2, -0.15) is 0 Å². The largest absolute Gasteiger partial charge is 0.322 e. The molecule has 0 saturated heterocycles. The molecule has 1 heterocycles. The molecule has 2 amide bonds. The van der Waals surface area contributed by atoms with Crippen LogP contribution in [0.5, 0.6) is 0 Å². The van der Waals surface area contributed by atoms with Gasteiger partial charge < -0.3 is 10.2 Å². The Balaban J connectivity index is 1.33. The molecular weight excluding hydrogens is 432 g/mol. The fourth-order valence-electron chi connectivity index (χ4n) is 4.65. The van der Waals surface area contributed by atoms with Gasteiger partial charge in [-0.25, -0.2) is 0 Å². The molecule has 0 atom stereocenters. The van der Waals surface area contributed by atoms with Crippen LogP contribution in [0.15, 0.2) is 97.1 Å². The molecule has 1 aliphatic heterocycles. The number of carbonyl (C=O) groups excluding carboxylic acids is 2. The van der Waals surface area contributed by atoms with E-state index in [2.05, 4.69) is 42.6 Å². The molecule has 1 N–H and O–H groups in total. The van der Waals surface area contributed by atoms with E-state index in [1.165, 1.54) is 11.1 Å². The van der Waals surface area contributed by atoms with Crippen LogP contribution in [0.3, 0.4) is 0 Å². The summed E-state index contributed by atoms with van der Waals surface area (Å²) in [5.41, 5.74) is 7.24. The van der Waals surface area contributed by atoms with Crippen LogP contribution in [0.25, 0.3) is 11.1 Å². The molecule has 174 valence electrons. The summed E-state index contributed by atoms with van der Waals surface area (Å²) >= 11 is 0. The molecular formula is C31H28N2O2. The lowest BCUT2D eigenvalue weighted by Gasteiger charge is -2.29. The van der Waals surface area contributed by atoms with Gasteiger partial charge in [0.25, 0.3) is 11.8 Å². The van der Waals surface area contributed by atoms with Crippen LogP contribution in [-0.2, 0) is 12.8 Å². The number of rotatable bonds is 5. The minimum absolute atomic E-state index is 0.0177. The quantitative estimate of drug-likeness (QED) is 0.358. The minimum atomic E-state index is -0.177. The maximum Gasteiger partial charge on any atom is 0.258 e. The highest BCUT2D eigenvalue weighted by Crippen LogP contribution is 2.29. The van der Waals surface area contributed by atoms with Crippen LogP contribution in [0.2, 0.25) is 0 Å². The van der Waals surface area contributed by atoms with E-state index < -0.39 is 0 Å². The number of hydrogen-bond acceptors (Lipinski definition) is 2. The molecule has 1 aliphatic rings. The lowest BCUT2D eigenvalue weighted by Crippen LogP contribution is -2.35. The van der Waals surface area contributed by atoms with Crippen molar-refractivity contribution in [1.29, 1.82) is 0 Å². The van der Waals surface area contributed by atoms with Crippen molar-refractivity contribution < 1.29 is 9.59 Å². The topological polar surface area (TPSA) is 49.4 Å². The van der Waals surface area contributed by atoms with Gasteiger partial charge in [-0.15, -0.1) is 0 Å². The van der Waals surface area contributed by atoms with E-state index in [1.54, 1.807) is 24.3 Å². The molecule has 0 aromatic heterocycles. The summed E-state index contributed by atoms with van der Waals surface area (Å²) < 4.78 is 0. The summed E-state index contributed by atoms with van der Waals surface area (Å²) in [6, 6.07) is 31.2. The number of nitrogens with zero attached hydrogens (tertiary/aromatic N) is 1. The van der Waals surface area contributed by atoms with Gasteiger partial charge in [0, 0.05) is 29.0 Å². The van der Waals surface area contributed by atoms with Gasteiger partial charge in [-0.05, 0) is 77.9 Å². The third kappa shape index (κ3) is 4.73. The molecule has 0 fully saturated rings. The zero-order chi connectivity index (χ0) is 24.2. The van der Waals surface area contributed by atoms with Gasteiger partial charge in [0.05, 0.1) is 0 Å². The number of carbonyl (C=O) groups is 2. The molecule has 35 heavy (non-hydrogen) atoms. The SMILES string of the molecule is CCc1ccc(-c2ccccc2C(=O)Nc2ccc(C(=O)N3CCCc4ccccc43)cc2)cc1. The highest BCUT2D eigenvalue weighted by molar-refractivity contribution is 6.10. The molecule has 4 aromatic rings. The van der Waals surface area contributed by atoms with Crippen molar-refractivity contribution in [2.75, 3.05) is 16.8 Å². The number of hydrogen-bond donors (Lipinski definition) is 1. The van der Waals surface area contributed by atoms with Gasteiger partial charge >= 0.3 is 0 Å². The van der Waals surface area contributed by atoms with Crippen LogP contribution in [-0.4, -0.2) is 18.4 Å². The number of para-hydroxylation sites is 1. The van der Waals surface area contributed by atoms with Gasteiger partial charge in [-0.3, -0.25) is 9.59 Å². The highest BCUT2D eigenvalue weighted by atomic mass is 16.2. The van der Waals surface area contributed by atoms with Crippen molar-refractivity contribution in [3.8, 4) is 11.1 Å². The maximum atomic E-state index is 13.2. The molecule has 4 heteroatoms. The molecule has 0 spiro atoms. The number of nitrogens with one attached hydrogen (secondary N) is 1. The molecule has 5 rings (SSSR count). The standard InChI is InChI=1S/C31H28N2O2/c1-2-22-13-15-23(16-14-22)27-10-4-5-11-28(27)30(34)32-26-19-17-25(18-20-26)31(35)33-21-7-9-24-8-3-6-12-29(24)33/h3-6,8,10-20H,2,7,9,21H2,1H3,(H,32,34). The third-order valence-corrected chi connectivity index (χ3v) is 6.59. The second kappa shape index (κ2) is 9.98. The minimum Gasteiger partial charge on any atom is -0.322 e. The van der Waals surface area contributed by atoms with Crippen LogP contribution in [0.1, 0.15) is 45.2 Å². The van der Waals surface area contributed by atoms with Gasteiger partial charge in [0.2, 0.25) is 0 Å². The van der Waals surface area contributed by atoms with E-state index in [1.807, 2.05) is 47.4 Å². The summed E-state index contributed by atoms with van der Waals surface area (Å²) in [4.78, 5) is 28.2. The monoisotopic (exact) mass is 460 g/mol. The van der Waals surface area contributed by atoms with Crippen molar-refractivity contribution in [2.24, 2.45) is 0 Å². The number of aryl methyl sites for hydroxylation is 2. The van der Waals surface area contributed by atoms with E-state index >= 15 is 0 Å². The molecule has 4 nitrogen and oxygen atoms in total. The maximum absolute atomic E-state index is 13.2. The van der Waals surface area contributed by atoms with Crippen molar-refractivity contribution in [3.63, 3.8) is 0 Å². The van der Waals surface area contributed by atoms with E-state index in [0.717, 1.165) is 36.1 Å². The predicted octanol–water partition coefficient (Wildman–Crippen LogP) is 6.76. The number of anilines is 2. The zero-order valence-corrected chi connectivity index (χ0v) is 19.8. The lowest BCUT2D eigenvalue weighted by molar-refractivity contribution is 0.0984. The van der Waals surface area contributed by atoms with E-state index in [0.29, 0.717) is 23.4 Å². The first-order chi connectivity index (χ1) is 17.1. The summed E-state index contributed by atoms with van der Waals surface area (Å²) in [6.07, 6.45) is 2.93. The van der Waals surface area contributed by atoms with Crippen LogP contribution >= 0.6 is 0 Å². The second-order valence-electron chi connectivity index (χ2n) is 8.82. The number of amides is 2. The third-order valence-electron chi connectivity index (χ3n) is 6.59. The van der Waals surface area contributed by atoms with Crippen LogP contribution < -0.4 is 10.2 Å². The normalized spacial score (nSPS) is 12.7. The molecule has 4 aromatic carbocycles. The molecule has 0 bridgehead atoms. The summed E-state index contributed by atoms with van der Waals surface area (Å²) in [5.74, 6) is -0.194. The smallest absolute Gasteiger partial charge is 0.258 e. The van der Waals surface area contributed by atoms with Crippen LogP contribution in [0, 0.1) is 0 Å². The van der Waals surface area contributed by atoms with Gasteiger partial charge in [0.15, 0.2) is 0 Å². The molecule has 0 radical (unpaired) electrons. The Hall–Kier alpha value is -4.18. The Bertz CT molecular complexity index is 1360. The summed E-state index contributed by atoms with van der Waals surface area (Å²) in [5, 5.41) is 2.99. The molecule has 0 saturated carbocycles. The molecule has 0 unspecified atom stereocenters. The highest BCUT2D eigenvalue weighted by Gasteiger charge is 2.23. The van der Waals surface area contributed by atoms with Crippen molar-refractivity contribution >= 4 is 23.2 Å². The Morgan fingerprint density at radius 1 is 0.829 bits per heavy atom. The summed E-state index contributed by atoms with van der Waals surface area (Å²) in [6.45, 7) is 2.84. The van der Waals surface area contributed by atoms with Crippen molar-refractivity contribution in [3.05, 3.63) is 119 Å². The molecule has 0 aliphatic carbocycles. The average Bonchev–Trinajstić information content (AvgIpc) is 2.93. The number of fused-ring (bicyclic) bond motifs is 1. The first kappa shape index (κ1) is 22.6. The Labute approximate surface area is 206 Å². The summed E-state index contributed by atoms with van der Waals surface area (Å²) in [7, 11) is 0. The Morgan fingerprint density at radius 2 is 1.54 bits per heavy atom. The van der Waals surface area contributed by atoms with E-state index in [4.69, 9.17) is 0 Å².